The van der Waals surface area contributed by atoms with Gasteiger partial charge in [-0.05, 0) is 26.8 Å². The van der Waals surface area contributed by atoms with E-state index in [9.17, 15) is 4.79 Å². The molecule has 0 atom stereocenters. The summed E-state index contributed by atoms with van der Waals surface area (Å²) in [4.78, 5) is 10.9. The maximum atomic E-state index is 10.9. The van der Waals surface area contributed by atoms with Crippen LogP contribution >= 0.6 is 0 Å². The van der Waals surface area contributed by atoms with Crippen molar-refractivity contribution in [2.45, 2.75) is 20.8 Å². The molecule has 0 saturated heterocycles. The van der Waals surface area contributed by atoms with Gasteiger partial charge < -0.3 is 9.47 Å². The fourth-order valence-electron chi connectivity index (χ4n) is 0.492. The summed E-state index contributed by atoms with van der Waals surface area (Å²) in [5.41, 5.74) is 0.356. The lowest BCUT2D eigenvalue weighted by atomic mass is 10.4. The van der Waals surface area contributed by atoms with Gasteiger partial charge in [0.2, 0.25) is 0 Å². The van der Waals surface area contributed by atoms with Gasteiger partial charge in [-0.15, -0.1) is 0 Å². The molecule has 0 aliphatic carbocycles. The highest BCUT2D eigenvalue weighted by molar-refractivity contribution is 5.87. The Morgan fingerprint density at radius 3 is 2.50 bits per heavy atom. The summed E-state index contributed by atoms with van der Waals surface area (Å²) in [6, 6.07) is 0. The van der Waals surface area contributed by atoms with Crippen LogP contribution in [0, 0.1) is 0 Å². The maximum absolute atomic E-state index is 10.9. The van der Waals surface area contributed by atoms with Gasteiger partial charge >= 0.3 is 5.97 Å². The van der Waals surface area contributed by atoms with Crippen molar-refractivity contribution in [3.8, 4) is 0 Å². The molecule has 0 aromatic heterocycles. The van der Waals surface area contributed by atoms with E-state index in [1.54, 1.807) is 19.9 Å². The van der Waals surface area contributed by atoms with Gasteiger partial charge in [0.05, 0.1) is 6.61 Å². The van der Waals surface area contributed by atoms with Crippen LogP contribution in [0.25, 0.3) is 0 Å². The van der Waals surface area contributed by atoms with E-state index in [1.165, 1.54) is 0 Å². The minimum Gasteiger partial charge on any atom is -0.466 e. The van der Waals surface area contributed by atoms with Gasteiger partial charge in [-0.3, -0.25) is 0 Å². The number of esters is 1. The van der Waals surface area contributed by atoms with E-state index < -0.39 is 5.97 Å². The minimum absolute atomic E-state index is 0.227. The number of allylic oxidation sites excluding steroid dienone is 1. The number of carbonyl (C=O) groups excluding carboxylic acids is 1. The van der Waals surface area contributed by atoms with Crippen molar-refractivity contribution in [2.75, 3.05) is 6.61 Å². The van der Waals surface area contributed by atoms with E-state index in [2.05, 4.69) is 6.58 Å². The summed E-state index contributed by atoms with van der Waals surface area (Å²) in [6.07, 6.45) is 1.59. The first-order valence-corrected chi connectivity index (χ1v) is 3.78. The van der Waals surface area contributed by atoms with Crippen LogP contribution in [0.1, 0.15) is 20.8 Å². The predicted octanol–water partition coefficient (Wildman–Crippen LogP) is 2.00. The molecule has 0 aliphatic rings. The van der Waals surface area contributed by atoms with Gasteiger partial charge in [-0.1, -0.05) is 6.58 Å². The SMILES string of the molecule is C=C(C)C(=O)O/C(=C\C)OCC. The van der Waals surface area contributed by atoms with E-state index in [0.29, 0.717) is 12.2 Å². The highest BCUT2D eigenvalue weighted by Gasteiger charge is 2.06. The molecule has 0 saturated carbocycles. The van der Waals surface area contributed by atoms with Crippen molar-refractivity contribution in [1.82, 2.24) is 0 Å². The third-order valence-electron chi connectivity index (χ3n) is 1.06. The second kappa shape index (κ2) is 5.41. The Balaban J connectivity index is 4.04. The molecular weight excluding hydrogens is 156 g/mol. The molecule has 0 N–H and O–H groups in total. The molecule has 3 nitrogen and oxygen atoms in total. The summed E-state index contributed by atoms with van der Waals surface area (Å²) in [7, 11) is 0. The van der Waals surface area contributed by atoms with Crippen molar-refractivity contribution in [3.63, 3.8) is 0 Å². The van der Waals surface area contributed by atoms with E-state index in [1.807, 2.05) is 6.92 Å². The first-order valence-electron chi connectivity index (χ1n) is 3.78. The van der Waals surface area contributed by atoms with Gasteiger partial charge in [-0.2, -0.15) is 0 Å². The standard InChI is InChI=1S/C9H14O3/c1-5-8(11-6-2)12-9(10)7(3)4/h5H,3,6H2,1-2,4H3/b8-5-. The fraction of sp³-hybridized carbons (Fsp3) is 0.444. The molecule has 0 amide bonds. The number of hydrogen-bond donors (Lipinski definition) is 0. The molecule has 0 spiro atoms. The second-order valence-corrected chi connectivity index (χ2v) is 2.21. The zero-order valence-electron chi connectivity index (χ0n) is 7.72. The number of rotatable bonds is 4. The van der Waals surface area contributed by atoms with Gasteiger partial charge in [0.15, 0.2) is 0 Å². The molecule has 0 aromatic carbocycles. The summed E-state index contributed by atoms with van der Waals surface area (Å²) >= 11 is 0. The average molecular weight is 170 g/mol. The van der Waals surface area contributed by atoms with Crippen molar-refractivity contribution in [3.05, 3.63) is 24.2 Å². The summed E-state index contributed by atoms with van der Waals surface area (Å²) in [6.45, 7) is 9.06. The Labute approximate surface area is 72.7 Å². The van der Waals surface area contributed by atoms with Crippen LogP contribution in [0.4, 0.5) is 0 Å². The number of ether oxygens (including phenoxy) is 2. The lowest BCUT2D eigenvalue weighted by Gasteiger charge is -2.07. The Hall–Kier alpha value is -1.25. The topological polar surface area (TPSA) is 35.5 Å². The van der Waals surface area contributed by atoms with Gasteiger partial charge in [0.1, 0.15) is 0 Å². The monoisotopic (exact) mass is 170 g/mol. The molecule has 0 bridgehead atoms. The van der Waals surface area contributed by atoms with Crippen molar-refractivity contribution >= 4 is 5.97 Å². The van der Waals surface area contributed by atoms with Crippen LogP contribution in [-0.2, 0) is 14.3 Å². The molecule has 0 rings (SSSR count). The molecule has 0 aromatic rings. The third kappa shape index (κ3) is 3.81. The highest BCUT2D eigenvalue weighted by Crippen LogP contribution is 2.03. The molecule has 0 radical (unpaired) electrons. The summed E-state index contributed by atoms with van der Waals surface area (Å²) in [5.74, 6) is -0.234. The van der Waals surface area contributed by atoms with E-state index in [0.717, 1.165) is 0 Å². The molecular formula is C9H14O3. The summed E-state index contributed by atoms with van der Waals surface area (Å²) < 4.78 is 9.79. The van der Waals surface area contributed by atoms with Crippen LogP contribution in [-0.4, -0.2) is 12.6 Å². The zero-order chi connectivity index (χ0) is 9.56. The summed E-state index contributed by atoms with van der Waals surface area (Å²) in [5, 5.41) is 0. The zero-order valence-corrected chi connectivity index (χ0v) is 7.72. The van der Waals surface area contributed by atoms with Crippen molar-refractivity contribution in [1.29, 1.82) is 0 Å². The fourth-order valence-corrected chi connectivity index (χ4v) is 0.492. The molecule has 12 heavy (non-hydrogen) atoms. The lowest BCUT2D eigenvalue weighted by Crippen LogP contribution is -2.07. The van der Waals surface area contributed by atoms with Gasteiger partial charge in [-0.25, -0.2) is 4.79 Å². The first kappa shape index (κ1) is 10.8. The quantitative estimate of drug-likeness (QED) is 0.368. The average Bonchev–Trinajstić information content (AvgIpc) is 2.03. The third-order valence-corrected chi connectivity index (χ3v) is 1.06. The molecule has 68 valence electrons. The highest BCUT2D eigenvalue weighted by atomic mass is 16.7. The van der Waals surface area contributed by atoms with Crippen LogP contribution in [0.3, 0.4) is 0 Å². The minimum atomic E-state index is -0.462. The largest absolute Gasteiger partial charge is 0.466 e. The molecule has 0 aliphatic heterocycles. The molecule has 0 unspecified atom stereocenters. The van der Waals surface area contributed by atoms with Gasteiger partial charge in [0, 0.05) is 5.57 Å². The first-order chi connectivity index (χ1) is 5.61. The number of hydrogen-bond acceptors (Lipinski definition) is 3. The number of carbonyl (C=O) groups is 1. The van der Waals surface area contributed by atoms with Crippen molar-refractivity contribution < 1.29 is 14.3 Å². The second-order valence-electron chi connectivity index (χ2n) is 2.21. The maximum Gasteiger partial charge on any atom is 0.340 e. The normalized spacial score (nSPS) is 10.8. The van der Waals surface area contributed by atoms with Gasteiger partial charge in [0.25, 0.3) is 5.95 Å². The van der Waals surface area contributed by atoms with E-state index in [-0.39, 0.29) is 5.95 Å². The Morgan fingerprint density at radius 1 is 1.58 bits per heavy atom. The smallest absolute Gasteiger partial charge is 0.340 e. The van der Waals surface area contributed by atoms with Crippen molar-refractivity contribution in [2.24, 2.45) is 0 Å². The lowest BCUT2D eigenvalue weighted by molar-refractivity contribution is -0.140. The Kier molecular flexibility index (Phi) is 4.84. The van der Waals surface area contributed by atoms with Crippen LogP contribution in [0.5, 0.6) is 0 Å². The molecule has 0 heterocycles. The Morgan fingerprint density at radius 2 is 2.17 bits per heavy atom. The van der Waals surface area contributed by atoms with Crippen LogP contribution in [0.2, 0.25) is 0 Å². The van der Waals surface area contributed by atoms with E-state index >= 15 is 0 Å². The Bertz CT molecular complexity index is 204. The molecule has 3 heteroatoms. The predicted molar refractivity (Wildman–Crippen MR) is 46.3 cm³/mol. The molecule has 0 fully saturated rings. The van der Waals surface area contributed by atoms with Crippen LogP contribution in [0.15, 0.2) is 24.2 Å². The van der Waals surface area contributed by atoms with E-state index in [4.69, 9.17) is 9.47 Å². The van der Waals surface area contributed by atoms with Crippen LogP contribution < -0.4 is 0 Å².